The van der Waals surface area contributed by atoms with E-state index < -0.39 is 23.3 Å². The first kappa shape index (κ1) is 23.7. The Bertz CT molecular complexity index is 674. The normalized spacial score (nSPS) is 24.2. The molecule has 156 valence electrons. The van der Waals surface area contributed by atoms with Crippen molar-refractivity contribution < 1.29 is 32.6 Å². The molecule has 3 unspecified atom stereocenters. The summed E-state index contributed by atoms with van der Waals surface area (Å²) in [6.45, 7) is 10.7. The Balaban J connectivity index is 3.03. The quantitative estimate of drug-likeness (QED) is 0.344. The van der Waals surface area contributed by atoms with E-state index in [1.807, 2.05) is 6.92 Å². The van der Waals surface area contributed by atoms with Gasteiger partial charge in [-0.1, -0.05) is 32.2 Å². The lowest BCUT2D eigenvalue weighted by Gasteiger charge is -2.33. The maximum atomic E-state index is 13.4. The van der Waals surface area contributed by atoms with Crippen LogP contribution in [0.3, 0.4) is 0 Å². The maximum absolute atomic E-state index is 13.4. The van der Waals surface area contributed by atoms with Crippen LogP contribution in [0.15, 0.2) is 48.1 Å². The Morgan fingerprint density at radius 1 is 1.21 bits per heavy atom. The number of carbonyl (C=O) groups excluding carboxylic acids is 1. The van der Waals surface area contributed by atoms with Gasteiger partial charge in [0.05, 0.1) is 23.7 Å². The second-order valence-corrected chi connectivity index (χ2v) is 6.98. The van der Waals surface area contributed by atoms with Gasteiger partial charge in [-0.3, -0.25) is 4.79 Å². The summed E-state index contributed by atoms with van der Waals surface area (Å²) in [5.41, 5.74) is -1.84. The van der Waals surface area contributed by atoms with Gasteiger partial charge in [-0.05, 0) is 56.1 Å². The van der Waals surface area contributed by atoms with Crippen LogP contribution in [0.2, 0.25) is 0 Å². The molecule has 1 aliphatic rings. The second-order valence-electron chi connectivity index (χ2n) is 6.98. The average Bonchev–Trinajstić information content (AvgIpc) is 2.59. The molecule has 0 saturated heterocycles. The molecule has 1 saturated carbocycles. The van der Waals surface area contributed by atoms with Crippen molar-refractivity contribution >= 4 is 11.9 Å². The molecule has 0 amide bonds. The molecule has 7 heteroatoms. The first-order valence-corrected chi connectivity index (χ1v) is 9.21. The number of esters is 1. The van der Waals surface area contributed by atoms with Gasteiger partial charge in [-0.2, -0.15) is 13.2 Å². The van der Waals surface area contributed by atoms with Crippen molar-refractivity contribution in [3.8, 4) is 0 Å². The molecule has 0 aromatic heterocycles. The second kappa shape index (κ2) is 10.3. The summed E-state index contributed by atoms with van der Waals surface area (Å²) in [7, 11) is 0. The standard InChI is InChI=1S/C21H27F3O4/c1-5-14(12-18(21(22,23)24)16(6-2)19(25)26)11-15-8-9-17(13(4)10-15)20(27)28-7-3/h5-6,12-13,15,17H,1-2,7-11H2,3-4H3,(H,25,26). The summed E-state index contributed by atoms with van der Waals surface area (Å²) in [6, 6.07) is 0. The summed E-state index contributed by atoms with van der Waals surface area (Å²) in [4.78, 5) is 23.1. The summed E-state index contributed by atoms with van der Waals surface area (Å²) in [6.07, 6.45) is 0.304. The minimum atomic E-state index is -4.83. The Morgan fingerprint density at radius 3 is 2.29 bits per heavy atom. The number of aliphatic carboxylic acids is 1. The topological polar surface area (TPSA) is 63.6 Å². The average molecular weight is 400 g/mol. The molecule has 28 heavy (non-hydrogen) atoms. The highest BCUT2D eigenvalue weighted by atomic mass is 19.4. The van der Waals surface area contributed by atoms with E-state index in [1.165, 1.54) is 6.08 Å². The van der Waals surface area contributed by atoms with Crippen LogP contribution in [-0.4, -0.2) is 29.8 Å². The molecular formula is C21H27F3O4. The van der Waals surface area contributed by atoms with E-state index >= 15 is 0 Å². The van der Waals surface area contributed by atoms with Crippen molar-refractivity contribution in [2.24, 2.45) is 17.8 Å². The number of ether oxygens (including phenoxy) is 1. The van der Waals surface area contributed by atoms with E-state index in [2.05, 4.69) is 13.2 Å². The number of alkyl halides is 3. The molecule has 0 spiro atoms. The zero-order valence-electron chi connectivity index (χ0n) is 16.2. The van der Waals surface area contributed by atoms with Gasteiger partial charge >= 0.3 is 18.1 Å². The van der Waals surface area contributed by atoms with Crippen molar-refractivity contribution in [2.45, 2.75) is 45.7 Å². The number of hydrogen-bond donors (Lipinski definition) is 1. The lowest BCUT2D eigenvalue weighted by atomic mass is 9.73. The molecule has 1 fully saturated rings. The van der Waals surface area contributed by atoms with E-state index in [4.69, 9.17) is 9.84 Å². The SMILES string of the molecule is C=CC(=CC(=C(C=C)C(=O)O)C(F)(F)F)CC1CCC(C(=O)OCC)C(C)C1. The van der Waals surface area contributed by atoms with Crippen molar-refractivity contribution in [3.05, 3.63) is 48.1 Å². The Kier molecular flexibility index (Phi) is 8.72. The molecule has 0 aromatic carbocycles. The summed E-state index contributed by atoms with van der Waals surface area (Å²) >= 11 is 0. The molecule has 0 bridgehead atoms. The van der Waals surface area contributed by atoms with Crippen LogP contribution >= 0.6 is 0 Å². The number of carboxylic acid groups (broad SMARTS) is 1. The summed E-state index contributed by atoms with van der Waals surface area (Å²) in [5.74, 6) is -1.98. The van der Waals surface area contributed by atoms with Gasteiger partial charge in [-0.15, -0.1) is 0 Å². The van der Waals surface area contributed by atoms with Gasteiger partial charge in [0.15, 0.2) is 0 Å². The predicted octanol–water partition coefficient (Wildman–Crippen LogP) is 5.23. The van der Waals surface area contributed by atoms with Crippen LogP contribution in [0.4, 0.5) is 13.2 Å². The molecule has 0 heterocycles. The molecule has 1 rings (SSSR count). The summed E-state index contributed by atoms with van der Waals surface area (Å²) in [5, 5.41) is 9.05. The van der Waals surface area contributed by atoms with Gasteiger partial charge < -0.3 is 9.84 Å². The molecule has 1 N–H and O–H groups in total. The minimum absolute atomic E-state index is 0.0595. The Morgan fingerprint density at radius 2 is 1.86 bits per heavy atom. The molecule has 0 aromatic rings. The molecular weight excluding hydrogens is 373 g/mol. The van der Waals surface area contributed by atoms with E-state index in [1.54, 1.807) is 6.92 Å². The largest absolute Gasteiger partial charge is 0.478 e. The molecule has 4 nitrogen and oxygen atoms in total. The molecule has 0 aliphatic heterocycles. The third kappa shape index (κ3) is 6.39. The Hall–Kier alpha value is -2.31. The van der Waals surface area contributed by atoms with Gasteiger partial charge in [0.1, 0.15) is 0 Å². The number of hydrogen-bond acceptors (Lipinski definition) is 3. The third-order valence-corrected chi connectivity index (χ3v) is 5.01. The van der Waals surface area contributed by atoms with Crippen LogP contribution in [-0.2, 0) is 14.3 Å². The smallest absolute Gasteiger partial charge is 0.417 e. The van der Waals surface area contributed by atoms with Crippen molar-refractivity contribution in [1.29, 1.82) is 0 Å². The minimum Gasteiger partial charge on any atom is -0.478 e. The first-order valence-electron chi connectivity index (χ1n) is 9.21. The van der Waals surface area contributed by atoms with Crippen molar-refractivity contribution in [1.82, 2.24) is 0 Å². The highest BCUT2D eigenvalue weighted by Gasteiger charge is 2.37. The van der Waals surface area contributed by atoms with Crippen molar-refractivity contribution in [2.75, 3.05) is 6.61 Å². The highest BCUT2D eigenvalue weighted by Crippen LogP contribution is 2.38. The monoisotopic (exact) mass is 400 g/mol. The number of rotatable bonds is 8. The lowest BCUT2D eigenvalue weighted by molar-refractivity contribution is -0.151. The molecule has 1 aliphatic carbocycles. The van der Waals surface area contributed by atoms with Crippen LogP contribution < -0.4 is 0 Å². The molecule has 3 atom stereocenters. The zero-order chi connectivity index (χ0) is 21.5. The van der Waals surface area contributed by atoms with Gasteiger partial charge in [0.2, 0.25) is 0 Å². The number of carbonyl (C=O) groups is 2. The third-order valence-electron chi connectivity index (χ3n) is 5.01. The number of allylic oxidation sites excluding steroid dienone is 4. The number of carboxylic acids is 1. The maximum Gasteiger partial charge on any atom is 0.417 e. The van der Waals surface area contributed by atoms with E-state index in [9.17, 15) is 22.8 Å². The van der Waals surface area contributed by atoms with Crippen molar-refractivity contribution in [3.63, 3.8) is 0 Å². The van der Waals surface area contributed by atoms with Gasteiger partial charge in [0.25, 0.3) is 0 Å². The summed E-state index contributed by atoms with van der Waals surface area (Å²) < 4.78 is 45.2. The van der Waals surface area contributed by atoms with Crippen LogP contribution in [0.5, 0.6) is 0 Å². The van der Waals surface area contributed by atoms with E-state index in [0.717, 1.165) is 6.08 Å². The fourth-order valence-electron chi connectivity index (χ4n) is 3.64. The van der Waals surface area contributed by atoms with Crippen LogP contribution in [0.25, 0.3) is 0 Å². The number of halogens is 3. The van der Waals surface area contributed by atoms with E-state index in [0.29, 0.717) is 43.9 Å². The van der Waals surface area contributed by atoms with Gasteiger partial charge in [0, 0.05) is 0 Å². The van der Waals surface area contributed by atoms with Crippen LogP contribution in [0.1, 0.15) is 39.5 Å². The fraction of sp³-hybridized carbons (Fsp3) is 0.524. The fourth-order valence-corrected chi connectivity index (χ4v) is 3.64. The lowest BCUT2D eigenvalue weighted by Crippen LogP contribution is -2.30. The zero-order valence-corrected chi connectivity index (χ0v) is 16.2. The molecule has 0 radical (unpaired) electrons. The first-order chi connectivity index (χ1) is 13.0. The van der Waals surface area contributed by atoms with E-state index in [-0.39, 0.29) is 23.7 Å². The Labute approximate surface area is 163 Å². The predicted molar refractivity (Wildman–Crippen MR) is 100 cm³/mol. The highest BCUT2D eigenvalue weighted by molar-refractivity contribution is 5.91. The van der Waals surface area contributed by atoms with Crippen LogP contribution in [0, 0.1) is 17.8 Å². The van der Waals surface area contributed by atoms with Gasteiger partial charge in [-0.25, -0.2) is 4.79 Å².